The molecule has 0 bridgehead atoms. The number of benzene rings is 1. The van der Waals surface area contributed by atoms with E-state index in [4.69, 9.17) is 5.10 Å². The van der Waals surface area contributed by atoms with Crippen molar-refractivity contribution in [1.29, 1.82) is 0 Å². The number of rotatable bonds is 5. The number of halogens is 1. The summed E-state index contributed by atoms with van der Waals surface area (Å²) in [6.07, 6.45) is 6.08. The van der Waals surface area contributed by atoms with E-state index < -0.39 is 0 Å². The number of nitrogens with one attached hydrogen (secondary N) is 1. The summed E-state index contributed by atoms with van der Waals surface area (Å²) in [6.45, 7) is 11.5. The van der Waals surface area contributed by atoms with Crippen molar-refractivity contribution >= 4 is 12.4 Å². The first-order valence-electron chi connectivity index (χ1n) is 10.5. The summed E-state index contributed by atoms with van der Waals surface area (Å²) < 4.78 is 2.10. The SMILES string of the molecule is CC(C)(C)c1nn(Cc2ccccc2)cc1CN1CCNCC1c1cccnc1.Cl. The minimum Gasteiger partial charge on any atom is -0.314 e. The van der Waals surface area contributed by atoms with E-state index in [-0.39, 0.29) is 17.8 Å². The highest BCUT2D eigenvalue weighted by Gasteiger charge is 2.28. The van der Waals surface area contributed by atoms with E-state index in [2.05, 4.69) is 83.2 Å². The molecule has 6 heteroatoms. The van der Waals surface area contributed by atoms with Crippen LogP contribution in [0.3, 0.4) is 0 Å². The van der Waals surface area contributed by atoms with E-state index in [9.17, 15) is 0 Å². The maximum atomic E-state index is 5.00. The second-order valence-corrected chi connectivity index (χ2v) is 8.91. The van der Waals surface area contributed by atoms with Gasteiger partial charge in [-0.1, -0.05) is 57.2 Å². The Bertz CT molecular complexity index is 918. The maximum Gasteiger partial charge on any atom is 0.0723 e. The number of piperazine rings is 1. The number of pyridine rings is 1. The van der Waals surface area contributed by atoms with Gasteiger partial charge in [-0.25, -0.2) is 0 Å². The van der Waals surface area contributed by atoms with Crippen molar-refractivity contribution in [3.63, 3.8) is 0 Å². The molecular formula is C24H32ClN5. The molecular weight excluding hydrogens is 394 g/mol. The first kappa shape index (κ1) is 22.5. The van der Waals surface area contributed by atoms with Crippen LogP contribution in [0.4, 0.5) is 0 Å². The molecule has 0 spiro atoms. The van der Waals surface area contributed by atoms with E-state index in [1.165, 1.54) is 22.4 Å². The zero-order valence-corrected chi connectivity index (χ0v) is 18.9. The van der Waals surface area contributed by atoms with Crippen LogP contribution in [0.15, 0.2) is 61.1 Å². The zero-order valence-electron chi connectivity index (χ0n) is 18.1. The van der Waals surface area contributed by atoms with Gasteiger partial charge >= 0.3 is 0 Å². The molecule has 2 aromatic heterocycles. The fourth-order valence-electron chi connectivity index (χ4n) is 4.12. The molecule has 0 saturated carbocycles. The molecule has 5 nitrogen and oxygen atoms in total. The van der Waals surface area contributed by atoms with Gasteiger partial charge in [0.2, 0.25) is 0 Å². The quantitative estimate of drug-likeness (QED) is 0.665. The first-order chi connectivity index (χ1) is 14.0. The largest absolute Gasteiger partial charge is 0.314 e. The van der Waals surface area contributed by atoms with Gasteiger partial charge in [0, 0.05) is 61.8 Å². The molecule has 0 radical (unpaired) electrons. The summed E-state index contributed by atoms with van der Waals surface area (Å²) in [5.74, 6) is 0. The van der Waals surface area contributed by atoms with Crippen LogP contribution in [0.25, 0.3) is 0 Å². The van der Waals surface area contributed by atoms with E-state index in [0.29, 0.717) is 6.04 Å². The molecule has 1 unspecified atom stereocenters. The number of hydrogen-bond donors (Lipinski definition) is 1. The van der Waals surface area contributed by atoms with Crippen molar-refractivity contribution < 1.29 is 0 Å². The third-order valence-electron chi connectivity index (χ3n) is 5.53. The highest BCUT2D eigenvalue weighted by atomic mass is 35.5. The number of hydrogen-bond acceptors (Lipinski definition) is 4. The first-order valence-corrected chi connectivity index (χ1v) is 10.5. The lowest BCUT2D eigenvalue weighted by atomic mass is 9.89. The van der Waals surface area contributed by atoms with Crippen molar-refractivity contribution in [3.05, 3.63) is 83.4 Å². The van der Waals surface area contributed by atoms with Crippen LogP contribution >= 0.6 is 12.4 Å². The normalized spacial score (nSPS) is 17.5. The molecule has 30 heavy (non-hydrogen) atoms. The van der Waals surface area contributed by atoms with Gasteiger partial charge in [0.05, 0.1) is 12.2 Å². The molecule has 1 aromatic carbocycles. The average molecular weight is 426 g/mol. The van der Waals surface area contributed by atoms with E-state index in [1.54, 1.807) is 0 Å². The van der Waals surface area contributed by atoms with E-state index in [1.807, 2.05) is 18.5 Å². The Hall–Kier alpha value is -2.21. The fourth-order valence-corrected chi connectivity index (χ4v) is 4.12. The van der Waals surface area contributed by atoms with Gasteiger partial charge in [-0.3, -0.25) is 14.6 Å². The third kappa shape index (κ3) is 5.28. The van der Waals surface area contributed by atoms with Crippen LogP contribution in [0, 0.1) is 0 Å². The van der Waals surface area contributed by atoms with Crippen LogP contribution < -0.4 is 5.32 Å². The van der Waals surface area contributed by atoms with E-state index in [0.717, 1.165) is 32.7 Å². The molecule has 1 saturated heterocycles. The molecule has 1 aliphatic heterocycles. The molecule has 0 aliphatic carbocycles. The topological polar surface area (TPSA) is 46.0 Å². The van der Waals surface area contributed by atoms with Crippen LogP contribution in [0.2, 0.25) is 0 Å². The molecule has 1 fully saturated rings. The summed E-state index contributed by atoms with van der Waals surface area (Å²) in [5, 5.41) is 8.54. The van der Waals surface area contributed by atoms with Crippen molar-refractivity contribution in [2.75, 3.05) is 19.6 Å². The van der Waals surface area contributed by atoms with Crippen LogP contribution in [-0.4, -0.2) is 39.3 Å². The molecule has 0 amide bonds. The highest BCUT2D eigenvalue weighted by molar-refractivity contribution is 5.85. The van der Waals surface area contributed by atoms with Crippen molar-refractivity contribution in [3.8, 4) is 0 Å². The molecule has 1 aliphatic rings. The molecule has 4 rings (SSSR count). The van der Waals surface area contributed by atoms with Crippen molar-refractivity contribution in [2.45, 2.75) is 45.3 Å². The smallest absolute Gasteiger partial charge is 0.0723 e. The third-order valence-corrected chi connectivity index (χ3v) is 5.53. The molecule has 3 heterocycles. The number of aromatic nitrogens is 3. The number of nitrogens with zero attached hydrogens (tertiary/aromatic N) is 4. The summed E-state index contributed by atoms with van der Waals surface area (Å²) in [7, 11) is 0. The average Bonchev–Trinajstić information content (AvgIpc) is 3.12. The minimum atomic E-state index is 0. The van der Waals surface area contributed by atoms with Crippen molar-refractivity contribution in [2.24, 2.45) is 0 Å². The van der Waals surface area contributed by atoms with Gasteiger partial charge in [0.15, 0.2) is 0 Å². The fraction of sp³-hybridized carbons (Fsp3) is 0.417. The maximum absolute atomic E-state index is 5.00. The highest BCUT2D eigenvalue weighted by Crippen LogP contribution is 2.29. The Balaban J connectivity index is 0.00000256. The van der Waals surface area contributed by atoms with Gasteiger partial charge < -0.3 is 5.32 Å². The standard InChI is InChI=1S/C24H31N5.ClH/c1-24(2,3)23-21(18-29(27-23)16-19-8-5-4-6-9-19)17-28-13-12-26-15-22(28)20-10-7-11-25-14-20;/h4-11,14,18,22,26H,12-13,15-17H2,1-3H3;1H. The van der Waals surface area contributed by atoms with Gasteiger partial charge in [-0.15, -0.1) is 12.4 Å². The Morgan fingerprint density at radius 1 is 1.07 bits per heavy atom. The predicted octanol–water partition coefficient (Wildman–Crippen LogP) is 4.19. The Kier molecular flexibility index (Phi) is 7.29. The minimum absolute atomic E-state index is 0. The van der Waals surface area contributed by atoms with Gasteiger partial charge in [0.1, 0.15) is 0 Å². The van der Waals surface area contributed by atoms with Crippen LogP contribution in [-0.2, 0) is 18.5 Å². The Morgan fingerprint density at radius 2 is 1.87 bits per heavy atom. The summed E-state index contributed by atoms with van der Waals surface area (Å²) in [4.78, 5) is 6.90. The molecule has 1 atom stereocenters. The van der Waals surface area contributed by atoms with Crippen LogP contribution in [0.5, 0.6) is 0 Å². The summed E-state index contributed by atoms with van der Waals surface area (Å²) in [5.41, 5.74) is 5.07. The lowest BCUT2D eigenvalue weighted by molar-refractivity contribution is 0.152. The lowest BCUT2D eigenvalue weighted by Crippen LogP contribution is -2.45. The summed E-state index contributed by atoms with van der Waals surface area (Å²) >= 11 is 0. The van der Waals surface area contributed by atoms with Crippen molar-refractivity contribution in [1.82, 2.24) is 25.0 Å². The lowest BCUT2D eigenvalue weighted by Gasteiger charge is -2.36. The second-order valence-electron chi connectivity index (χ2n) is 8.91. The molecule has 1 N–H and O–H groups in total. The van der Waals surface area contributed by atoms with Gasteiger partial charge in [-0.2, -0.15) is 5.10 Å². The van der Waals surface area contributed by atoms with Gasteiger partial charge in [0.25, 0.3) is 0 Å². The molecule has 3 aromatic rings. The predicted molar refractivity (Wildman–Crippen MR) is 124 cm³/mol. The van der Waals surface area contributed by atoms with Crippen LogP contribution in [0.1, 0.15) is 49.2 Å². The zero-order chi connectivity index (χ0) is 20.3. The molecule has 160 valence electrons. The monoisotopic (exact) mass is 425 g/mol. The summed E-state index contributed by atoms with van der Waals surface area (Å²) in [6, 6.07) is 15.1. The van der Waals surface area contributed by atoms with Gasteiger partial charge in [-0.05, 0) is 17.2 Å². The second kappa shape index (κ2) is 9.73. The Labute approximate surface area is 185 Å². The van der Waals surface area contributed by atoms with E-state index >= 15 is 0 Å². The Morgan fingerprint density at radius 3 is 2.57 bits per heavy atom.